The molecule has 1 heterocycles. The molecule has 0 saturated heterocycles. The average molecular weight is 405 g/mol. The van der Waals surface area contributed by atoms with Gasteiger partial charge in [-0.15, -0.1) is 0 Å². The van der Waals surface area contributed by atoms with E-state index in [1.165, 1.54) is 6.08 Å². The first-order valence-corrected chi connectivity index (χ1v) is 13.6. The predicted molar refractivity (Wildman–Crippen MR) is 122 cm³/mol. The minimum Gasteiger partial charge on any atom is -0.361 e. The molecule has 0 fully saturated rings. The van der Waals surface area contributed by atoms with E-state index in [0.29, 0.717) is 12.6 Å². The molecule has 0 radical (unpaired) electrons. The molecule has 29 heavy (non-hydrogen) atoms. The summed E-state index contributed by atoms with van der Waals surface area (Å²) < 4.78 is 8.12. The number of imidazole rings is 1. The highest BCUT2D eigenvalue weighted by molar-refractivity contribution is 6.76. The van der Waals surface area contributed by atoms with Crippen molar-refractivity contribution >= 4 is 20.4 Å². The molecule has 2 aromatic carbocycles. The molecule has 1 aromatic heterocycles. The number of hydrogen-bond acceptors (Lipinski definition) is 3. The van der Waals surface area contributed by atoms with E-state index in [1.807, 2.05) is 36.4 Å². The van der Waals surface area contributed by atoms with E-state index < -0.39 is 8.07 Å². The maximum absolute atomic E-state index is 10.9. The molecule has 0 amide bonds. The van der Waals surface area contributed by atoms with Gasteiger partial charge in [0.15, 0.2) is 0 Å². The van der Waals surface area contributed by atoms with Gasteiger partial charge in [0.1, 0.15) is 18.8 Å². The largest absolute Gasteiger partial charge is 0.361 e. The number of carbonyl (C=O) groups is 1. The zero-order chi connectivity index (χ0) is 20.7. The first-order chi connectivity index (χ1) is 14.0. The van der Waals surface area contributed by atoms with E-state index in [2.05, 4.69) is 48.5 Å². The second-order valence-electron chi connectivity index (χ2n) is 8.17. The summed E-state index contributed by atoms with van der Waals surface area (Å²) in [6, 6.07) is 21.4. The maximum atomic E-state index is 10.9. The normalized spacial score (nSPS) is 11.8. The van der Waals surface area contributed by atoms with Crippen LogP contribution in [0.4, 0.5) is 0 Å². The smallest absolute Gasteiger partial charge is 0.142 e. The van der Waals surface area contributed by atoms with Crippen LogP contribution in [0.3, 0.4) is 0 Å². The molecule has 150 valence electrons. The van der Waals surface area contributed by atoms with Crippen LogP contribution in [-0.2, 0) is 16.3 Å². The van der Waals surface area contributed by atoms with Crippen LogP contribution in [0.2, 0.25) is 25.7 Å². The number of allylic oxidation sites excluding steroid dienone is 1. The molecule has 0 spiro atoms. The van der Waals surface area contributed by atoms with Crippen molar-refractivity contribution in [1.82, 2.24) is 9.55 Å². The van der Waals surface area contributed by atoms with Gasteiger partial charge in [-0.1, -0.05) is 80.3 Å². The van der Waals surface area contributed by atoms with Crippen LogP contribution < -0.4 is 0 Å². The first kappa shape index (κ1) is 21.0. The second-order valence-corrected chi connectivity index (χ2v) is 13.8. The molecular weight excluding hydrogens is 376 g/mol. The van der Waals surface area contributed by atoms with Gasteiger partial charge < -0.3 is 4.74 Å². The van der Waals surface area contributed by atoms with Gasteiger partial charge in [-0.25, -0.2) is 4.98 Å². The third kappa shape index (κ3) is 5.62. The lowest BCUT2D eigenvalue weighted by molar-refractivity contribution is -0.104. The molecule has 0 bridgehead atoms. The lowest BCUT2D eigenvalue weighted by atomic mass is 10.0. The van der Waals surface area contributed by atoms with Crippen LogP contribution in [0.1, 0.15) is 5.82 Å². The van der Waals surface area contributed by atoms with E-state index in [9.17, 15) is 4.79 Å². The number of ether oxygens (including phenoxy) is 1. The van der Waals surface area contributed by atoms with E-state index in [4.69, 9.17) is 9.72 Å². The number of hydrogen-bond donors (Lipinski definition) is 0. The van der Waals surface area contributed by atoms with Crippen LogP contribution in [0.15, 0.2) is 66.7 Å². The highest BCUT2D eigenvalue weighted by Crippen LogP contribution is 2.33. The van der Waals surface area contributed by atoms with Crippen LogP contribution in [0.25, 0.3) is 28.6 Å². The summed E-state index contributed by atoms with van der Waals surface area (Å²) in [7, 11) is -1.17. The Balaban J connectivity index is 2.06. The Kier molecular flexibility index (Phi) is 6.96. The fraction of sp³-hybridized carbons (Fsp3) is 0.250. The van der Waals surface area contributed by atoms with Crippen molar-refractivity contribution in [3.63, 3.8) is 0 Å². The average Bonchev–Trinajstić information content (AvgIpc) is 3.08. The van der Waals surface area contributed by atoms with Crippen LogP contribution in [0.5, 0.6) is 0 Å². The summed E-state index contributed by atoms with van der Waals surface area (Å²) in [5.74, 6) is 0.711. The van der Waals surface area contributed by atoms with E-state index in [1.54, 1.807) is 6.08 Å². The van der Waals surface area contributed by atoms with Gasteiger partial charge in [0.25, 0.3) is 0 Å². The minimum atomic E-state index is -1.17. The Morgan fingerprint density at radius 3 is 2.17 bits per heavy atom. The second kappa shape index (κ2) is 9.63. The van der Waals surface area contributed by atoms with Crippen molar-refractivity contribution in [3.8, 4) is 22.5 Å². The molecule has 0 N–H and O–H groups in total. The van der Waals surface area contributed by atoms with Gasteiger partial charge in [0.05, 0.1) is 11.4 Å². The molecule has 0 aliphatic rings. The summed E-state index contributed by atoms with van der Waals surface area (Å²) in [5, 5.41) is 0. The minimum absolute atomic E-state index is 0.396. The quantitative estimate of drug-likeness (QED) is 0.198. The summed E-state index contributed by atoms with van der Waals surface area (Å²) in [6.45, 7) is 8.14. The number of aldehydes is 1. The lowest BCUT2D eigenvalue weighted by Gasteiger charge is -2.17. The molecule has 5 heteroatoms. The van der Waals surface area contributed by atoms with Gasteiger partial charge in [-0.3, -0.25) is 9.36 Å². The highest BCUT2D eigenvalue weighted by Gasteiger charge is 2.19. The maximum Gasteiger partial charge on any atom is 0.142 e. The van der Waals surface area contributed by atoms with E-state index >= 15 is 0 Å². The topological polar surface area (TPSA) is 44.1 Å². The fourth-order valence-corrected chi connectivity index (χ4v) is 3.83. The van der Waals surface area contributed by atoms with Crippen molar-refractivity contribution in [2.24, 2.45) is 0 Å². The molecule has 3 aromatic rings. The van der Waals surface area contributed by atoms with Crippen molar-refractivity contribution in [2.75, 3.05) is 6.61 Å². The number of benzene rings is 2. The lowest BCUT2D eigenvalue weighted by Crippen LogP contribution is -2.22. The van der Waals surface area contributed by atoms with Gasteiger partial charge in [-0.05, 0) is 18.2 Å². The number of rotatable bonds is 9. The van der Waals surface area contributed by atoms with E-state index in [0.717, 1.165) is 41.5 Å². The highest BCUT2D eigenvalue weighted by atomic mass is 28.3. The van der Waals surface area contributed by atoms with Gasteiger partial charge in [0, 0.05) is 25.8 Å². The zero-order valence-electron chi connectivity index (χ0n) is 17.3. The van der Waals surface area contributed by atoms with Crippen LogP contribution in [0, 0.1) is 0 Å². The summed E-state index contributed by atoms with van der Waals surface area (Å²) in [6.07, 6.45) is 3.99. The third-order valence-electron chi connectivity index (χ3n) is 4.63. The number of nitrogens with zero attached hydrogens (tertiary/aromatic N) is 2. The predicted octanol–water partition coefficient (Wildman–Crippen LogP) is 5.74. The van der Waals surface area contributed by atoms with Crippen LogP contribution >= 0.6 is 0 Å². The molecule has 3 rings (SSSR count). The van der Waals surface area contributed by atoms with Gasteiger partial charge in [-0.2, -0.15) is 0 Å². The number of aromatic nitrogens is 2. The third-order valence-corrected chi connectivity index (χ3v) is 6.34. The fourth-order valence-electron chi connectivity index (χ4n) is 3.07. The SMILES string of the molecule is C[Si](C)(C)CCOCn1c(C=CC=O)nc(-c2ccccc2)c1-c1ccccc1. The van der Waals surface area contributed by atoms with Gasteiger partial charge >= 0.3 is 0 Å². The van der Waals surface area contributed by atoms with E-state index in [-0.39, 0.29) is 0 Å². The Morgan fingerprint density at radius 1 is 0.966 bits per heavy atom. The monoisotopic (exact) mass is 404 g/mol. The molecular formula is C24H28N2O2Si. The van der Waals surface area contributed by atoms with Crippen molar-refractivity contribution in [2.45, 2.75) is 32.4 Å². The Labute approximate surface area is 173 Å². The molecule has 0 aliphatic carbocycles. The molecule has 0 saturated carbocycles. The summed E-state index contributed by atoms with van der Waals surface area (Å²) >= 11 is 0. The Morgan fingerprint density at radius 2 is 1.59 bits per heavy atom. The number of carbonyl (C=O) groups excluding carboxylic acids is 1. The van der Waals surface area contributed by atoms with Crippen molar-refractivity contribution < 1.29 is 9.53 Å². The van der Waals surface area contributed by atoms with Crippen molar-refractivity contribution in [3.05, 3.63) is 72.6 Å². The zero-order valence-corrected chi connectivity index (χ0v) is 18.3. The Hall–Kier alpha value is -2.76. The Bertz CT molecular complexity index is 958. The molecule has 4 nitrogen and oxygen atoms in total. The molecule has 0 aliphatic heterocycles. The van der Waals surface area contributed by atoms with Crippen molar-refractivity contribution in [1.29, 1.82) is 0 Å². The molecule has 0 unspecified atom stereocenters. The summed E-state index contributed by atoms with van der Waals surface area (Å²) in [4.78, 5) is 15.8. The van der Waals surface area contributed by atoms with Gasteiger partial charge in [0.2, 0.25) is 0 Å². The summed E-state index contributed by atoms with van der Waals surface area (Å²) in [5.41, 5.74) is 3.98. The first-order valence-electron chi connectivity index (χ1n) is 9.90. The van der Waals surface area contributed by atoms with Crippen LogP contribution in [-0.4, -0.2) is 30.5 Å². The standard InChI is InChI=1S/C24H28N2O2Si/c1-29(2,3)18-17-28-19-26-22(15-10-16-27)25-23(20-11-6-4-7-12-20)24(26)21-13-8-5-9-14-21/h4-16H,17-19H2,1-3H3. The molecule has 0 atom stereocenters.